The smallest absolute Gasteiger partial charge is 0.334 e. The lowest BCUT2D eigenvalue weighted by molar-refractivity contribution is -0.136. The highest BCUT2D eigenvalue weighted by Gasteiger charge is 2.25. The Hall–Kier alpha value is -0.440. The van der Waals surface area contributed by atoms with Gasteiger partial charge in [0.1, 0.15) is 6.61 Å². The van der Waals surface area contributed by atoms with Crippen LogP contribution in [0.2, 0.25) is 0 Å². The first-order chi connectivity index (χ1) is 6.16. The fourth-order valence-corrected chi connectivity index (χ4v) is 1.84. The lowest BCUT2D eigenvalue weighted by Gasteiger charge is -2.05. The minimum atomic E-state index is -0.0993. The van der Waals surface area contributed by atoms with Crippen molar-refractivity contribution in [3.63, 3.8) is 0 Å². The van der Waals surface area contributed by atoms with E-state index in [1.54, 1.807) is 11.8 Å². The Morgan fingerprint density at radius 2 is 2.23 bits per heavy atom. The van der Waals surface area contributed by atoms with Crippen molar-refractivity contribution in [2.24, 2.45) is 5.92 Å². The van der Waals surface area contributed by atoms with Gasteiger partial charge in [0, 0.05) is 5.57 Å². The van der Waals surface area contributed by atoms with Crippen molar-refractivity contribution < 1.29 is 9.53 Å². The van der Waals surface area contributed by atoms with Gasteiger partial charge in [-0.3, -0.25) is 0 Å². The Labute approximate surface area is 83.7 Å². The van der Waals surface area contributed by atoms with Crippen LogP contribution in [0.25, 0.3) is 0 Å². The zero-order valence-corrected chi connectivity index (χ0v) is 9.24. The van der Waals surface area contributed by atoms with Crippen LogP contribution in [0.4, 0.5) is 0 Å². The van der Waals surface area contributed by atoms with Crippen molar-refractivity contribution in [1.29, 1.82) is 0 Å². The largest absolute Gasteiger partial charge is 0.458 e. The van der Waals surface area contributed by atoms with E-state index in [1.165, 1.54) is 5.57 Å². The molecule has 0 fully saturated rings. The monoisotopic (exact) mass is 200 g/mol. The number of carbonyl (C=O) groups is 1. The van der Waals surface area contributed by atoms with Gasteiger partial charge in [-0.15, -0.1) is 0 Å². The second-order valence-electron chi connectivity index (χ2n) is 3.48. The van der Waals surface area contributed by atoms with Gasteiger partial charge in [0.25, 0.3) is 0 Å². The van der Waals surface area contributed by atoms with Gasteiger partial charge in [0.2, 0.25) is 0 Å². The van der Waals surface area contributed by atoms with E-state index in [4.69, 9.17) is 4.74 Å². The summed E-state index contributed by atoms with van der Waals surface area (Å²) in [5.41, 5.74) is 2.11. The summed E-state index contributed by atoms with van der Waals surface area (Å²) in [7, 11) is 0. The molecule has 3 heteroatoms. The summed E-state index contributed by atoms with van der Waals surface area (Å²) in [5.74, 6) is 1.33. The van der Waals surface area contributed by atoms with Gasteiger partial charge in [-0.05, 0) is 29.9 Å². The molecular weight excluding hydrogens is 184 g/mol. The zero-order valence-electron chi connectivity index (χ0n) is 8.42. The molecule has 1 rings (SSSR count). The normalized spacial score (nSPS) is 17.1. The third kappa shape index (κ3) is 2.50. The van der Waals surface area contributed by atoms with Crippen LogP contribution in [0.15, 0.2) is 11.1 Å². The first kappa shape index (κ1) is 10.6. The molecule has 1 aliphatic rings. The van der Waals surface area contributed by atoms with E-state index in [0.29, 0.717) is 12.5 Å². The van der Waals surface area contributed by atoms with Crippen LogP contribution in [-0.4, -0.2) is 24.6 Å². The fourth-order valence-electron chi connectivity index (χ4n) is 1.43. The molecular formula is C10H16O2S. The molecule has 0 aliphatic carbocycles. The van der Waals surface area contributed by atoms with Crippen LogP contribution in [0.3, 0.4) is 0 Å². The lowest BCUT2D eigenvalue weighted by atomic mass is 9.98. The Morgan fingerprint density at radius 1 is 1.54 bits per heavy atom. The van der Waals surface area contributed by atoms with Crippen LogP contribution in [0, 0.1) is 5.92 Å². The number of rotatable bonds is 4. The molecule has 0 amide bonds. The summed E-state index contributed by atoms with van der Waals surface area (Å²) < 4.78 is 5.01. The predicted octanol–water partition coefficient (Wildman–Crippen LogP) is 2.25. The van der Waals surface area contributed by atoms with Gasteiger partial charge < -0.3 is 4.74 Å². The maximum atomic E-state index is 11.3. The maximum Gasteiger partial charge on any atom is 0.334 e. The number of hydrogen-bond donors (Lipinski definition) is 0. The number of thioether (sulfide) groups is 1. The van der Waals surface area contributed by atoms with Crippen molar-refractivity contribution in [3.05, 3.63) is 11.1 Å². The van der Waals surface area contributed by atoms with Crippen molar-refractivity contribution in [2.45, 2.75) is 20.3 Å². The predicted molar refractivity (Wildman–Crippen MR) is 55.8 cm³/mol. The van der Waals surface area contributed by atoms with Crippen LogP contribution < -0.4 is 0 Å². The molecule has 13 heavy (non-hydrogen) atoms. The highest BCUT2D eigenvalue weighted by molar-refractivity contribution is 7.98. The van der Waals surface area contributed by atoms with Gasteiger partial charge in [-0.1, -0.05) is 13.8 Å². The number of ether oxygens (including phenoxy) is 1. The molecule has 1 heterocycles. The minimum absolute atomic E-state index is 0.0993. The van der Waals surface area contributed by atoms with Crippen molar-refractivity contribution >= 4 is 17.7 Å². The van der Waals surface area contributed by atoms with Crippen LogP contribution in [-0.2, 0) is 9.53 Å². The molecule has 0 saturated carbocycles. The van der Waals surface area contributed by atoms with E-state index < -0.39 is 0 Å². The van der Waals surface area contributed by atoms with Gasteiger partial charge in [-0.2, -0.15) is 11.8 Å². The van der Waals surface area contributed by atoms with E-state index in [-0.39, 0.29) is 5.97 Å². The van der Waals surface area contributed by atoms with Crippen LogP contribution in [0.1, 0.15) is 20.3 Å². The number of carbonyl (C=O) groups excluding carboxylic acids is 1. The van der Waals surface area contributed by atoms with Gasteiger partial charge in [0.05, 0.1) is 0 Å². The molecule has 0 atom stereocenters. The van der Waals surface area contributed by atoms with Crippen molar-refractivity contribution in [1.82, 2.24) is 0 Å². The lowest BCUT2D eigenvalue weighted by Crippen LogP contribution is -2.01. The average molecular weight is 200 g/mol. The molecule has 2 nitrogen and oxygen atoms in total. The van der Waals surface area contributed by atoms with Crippen LogP contribution in [0.5, 0.6) is 0 Å². The second kappa shape index (κ2) is 4.70. The highest BCUT2D eigenvalue weighted by atomic mass is 32.2. The quantitative estimate of drug-likeness (QED) is 0.651. The summed E-state index contributed by atoms with van der Waals surface area (Å²) in [6.07, 6.45) is 2.91. The molecule has 0 aromatic rings. The van der Waals surface area contributed by atoms with Crippen LogP contribution >= 0.6 is 11.8 Å². The summed E-state index contributed by atoms with van der Waals surface area (Å²) in [6.45, 7) is 4.73. The first-order valence-electron chi connectivity index (χ1n) is 4.54. The van der Waals surface area contributed by atoms with E-state index in [9.17, 15) is 4.79 Å². The molecule has 74 valence electrons. The summed E-state index contributed by atoms with van der Waals surface area (Å²) in [6, 6.07) is 0. The Balaban J connectivity index is 2.71. The molecule has 0 aromatic heterocycles. The molecule has 0 saturated heterocycles. The van der Waals surface area contributed by atoms with E-state index in [0.717, 1.165) is 17.7 Å². The molecule has 0 unspecified atom stereocenters. The topological polar surface area (TPSA) is 26.3 Å². The van der Waals surface area contributed by atoms with E-state index in [1.807, 2.05) is 0 Å². The molecule has 0 aromatic carbocycles. The number of esters is 1. The number of hydrogen-bond acceptors (Lipinski definition) is 3. The standard InChI is InChI=1S/C10H16O2S/c1-7(2)9-6-12-10(11)8(9)4-5-13-3/h7H,4-6H2,1-3H3. The zero-order chi connectivity index (χ0) is 9.84. The number of cyclic esters (lactones) is 1. The van der Waals surface area contributed by atoms with Crippen molar-refractivity contribution in [3.8, 4) is 0 Å². The van der Waals surface area contributed by atoms with Gasteiger partial charge >= 0.3 is 5.97 Å². The summed E-state index contributed by atoms with van der Waals surface area (Å²) in [5, 5.41) is 0. The summed E-state index contributed by atoms with van der Waals surface area (Å²) >= 11 is 1.76. The first-order valence-corrected chi connectivity index (χ1v) is 5.94. The third-order valence-corrected chi connectivity index (χ3v) is 2.86. The molecule has 0 N–H and O–H groups in total. The summed E-state index contributed by atoms with van der Waals surface area (Å²) in [4.78, 5) is 11.3. The SMILES string of the molecule is CSCCC1=C(C(C)C)COC1=O. The van der Waals surface area contributed by atoms with Crippen molar-refractivity contribution in [2.75, 3.05) is 18.6 Å². The molecule has 1 aliphatic heterocycles. The minimum Gasteiger partial charge on any atom is -0.458 e. The molecule has 0 radical (unpaired) electrons. The third-order valence-electron chi connectivity index (χ3n) is 2.25. The Morgan fingerprint density at radius 3 is 2.77 bits per heavy atom. The second-order valence-corrected chi connectivity index (χ2v) is 4.46. The fraction of sp³-hybridized carbons (Fsp3) is 0.700. The van der Waals surface area contributed by atoms with Gasteiger partial charge in [-0.25, -0.2) is 4.79 Å². The Bertz CT molecular complexity index is 231. The van der Waals surface area contributed by atoms with E-state index in [2.05, 4.69) is 20.1 Å². The van der Waals surface area contributed by atoms with Gasteiger partial charge in [0.15, 0.2) is 0 Å². The molecule has 0 bridgehead atoms. The molecule has 0 spiro atoms. The highest BCUT2D eigenvalue weighted by Crippen LogP contribution is 2.25. The maximum absolute atomic E-state index is 11.3. The Kier molecular flexibility index (Phi) is 3.85. The average Bonchev–Trinajstić information content (AvgIpc) is 2.43. The van der Waals surface area contributed by atoms with E-state index >= 15 is 0 Å².